The van der Waals surface area contributed by atoms with Crippen molar-refractivity contribution in [2.24, 2.45) is 0 Å². The summed E-state index contributed by atoms with van der Waals surface area (Å²) < 4.78 is 42.2. The fourth-order valence-corrected chi connectivity index (χ4v) is 1.44. The van der Waals surface area contributed by atoms with Crippen molar-refractivity contribution < 1.29 is 17.9 Å². The van der Waals surface area contributed by atoms with Gasteiger partial charge in [0, 0.05) is 19.3 Å². The number of thiocarbonyl (C=S) groups is 1. The number of rotatable bonds is 4. The van der Waals surface area contributed by atoms with Gasteiger partial charge in [-0.3, -0.25) is 0 Å². The maximum absolute atomic E-state index is 12.5. The molecule has 0 aliphatic rings. The molecule has 0 saturated carbocycles. The number of benzene rings is 1. The second kappa shape index (κ2) is 6.55. The molecule has 0 aromatic heterocycles. The zero-order valence-electron chi connectivity index (χ0n) is 9.67. The standard InChI is InChI=1S/C11H13F3N2OS/c1-17-6-5-15-10(18)16-9-4-2-3-8(7-9)11(12,13)14/h2-4,7H,5-6H2,1H3,(H2,15,16,18). The Hall–Kier alpha value is -1.34. The van der Waals surface area contributed by atoms with Crippen molar-refractivity contribution in [1.82, 2.24) is 5.32 Å². The Bertz CT molecular complexity index is 410. The summed E-state index contributed by atoms with van der Waals surface area (Å²) in [4.78, 5) is 0. The summed E-state index contributed by atoms with van der Waals surface area (Å²) in [5, 5.41) is 5.74. The van der Waals surface area contributed by atoms with Gasteiger partial charge >= 0.3 is 6.18 Å². The highest BCUT2D eigenvalue weighted by Crippen LogP contribution is 2.30. The van der Waals surface area contributed by atoms with Crippen LogP contribution in [0.2, 0.25) is 0 Å². The van der Waals surface area contributed by atoms with E-state index in [1.165, 1.54) is 12.1 Å². The zero-order chi connectivity index (χ0) is 13.6. The number of anilines is 1. The SMILES string of the molecule is COCCNC(=S)Nc1cccc(C(F)(F)F)c1. The van der Waals surface area contributed by atoms with Gasteiger partial charge in [-0.25, -0.2) is 0 Å². The van der Waals surface area contributed by atoms with Crippen LogP contribution in [0, 0.1) is 0 Å². The Kier molecular flexibility index (Phi) is 5.36. The first-order valence-electron chi connectivity index (χ1n) is 5.14. The quantitative estimate of drug-likeness (QED) is 0.655. The molecule has 7 heteroatoms. The number of nitrogens with one attached hydrogen (secondary N) is 2. The average Bonchev–Trinajstić information content (AvgIpc) is 2.28. The summed E-state index contributed by atoms with van der Waals surface area (Å²) in [6.45, 7) is 0.950. The molecule has 0 fully saturated rings. The largest absolute Gasteiger partial charge is 0.416 e. The molecule has 3 nitrogen and oxygen atoms in total. The summed E-state index contributed by atoms with van der Waals surface area (Å²) >= 11 is 4.93. The molecule has 18 heavy (non-hydrogen) atoms. The van der Waals surface area contributed by atoms with Crippen LogP contribution in [0.5, 0.6) is 0 Å². The third-order valence-electron chi connectivity index (χ3n) is 2.04. The first-order chi connectivity index (χ1) is 8.43. The van der Waals surface area contributed by atoms with Gasteiger partial charge in [0.05, 0.1) is 12.2 Å². The fourth-order valence-electron chi connectivity index (χ4n) is 1.22. The van der Waals surface area contributed by atoms with Gasteiger partial charge in [-0.1, -0.05) is 6.07 Å². The molecule has 100 valence electrons. The number of methoxy groups -OCH3 is 1. The molecule has 0 spiro atoms. The van der Waals surface area contributed by atoms with Crippen LogP contribution in [0.4, 0.5) is 18.9 Å². The van der Waals surface area contributed by atoms with Crippen LogP contribution in [0.25, 0.3) is 0 Å². The molecule has 0 unspecified atom stereocenters. The van der Waals surface area contributed by atoms with Gasteiger partial charge in [-0.15, -0.1) is 0 Å². The van der Waals surface area contributed by atoms with E-state index < -0.39 is 11.7 Å². The van der Waals surface area contributed by atoms with Gasteiger partial charge < -0.3 is 15.4 Å². The van der Waals surface area contributed by atoms with Crippen molar-refractivity contribution in [3.8, 4) is 0 Å². The van der Waals surface area contributed by atoms with E-state index in [1.807, 2.05) is 0 Å². The molecular formula is C11H13F3N2OS. The van der Waals surface area contributed by atoms with Gasteiger partial charge in [0.25, 0.3) is 0 Å². The van der Waals surface area contributed by atoms with Gasteiger partial charge in [0.1, 0.15) is 0 Å². The van der Waals surface area contributed by atoms with Crippen LogP contribution in [0.1, 0.15) is 5.56 Å². The Labute approximate surface area is 108 Å². The van der Waals surface area contributed by atoms with Gasteiger partial charge in [-0.05, 0) is 30.4 Å². The van der Waals surface area contributed by atoms with Gasteiger partial charge in [0.2, 0.25) is 0 Å². The molecule has 2 N–H and O–H groups in total. The van der Waals surface area contributed by atoms with E-state index in [2.05, 4.69) is 10.6 Å². The predicted octanol–water partition coefficient (Wildman–Crippen LogP) is 2.64. The molecular weight excluding hydrogens is 265 g/mol. The molecule has 0 atom stereocenters. The Morgan fingerprint density at radius 2 is 2.11 bits per heavy atom. The van der Waals surface area contributed by atoms with E-state index in [0.717, 1.165) is 12.1 Å². The molecule has 0 aliphatic heterocycles. The van der Waals surface area contributed by atoms with Crippen LogP contribution in [0.3, 0.4) is 0 Å². The molecule has 0 saturated heterocycles. The normalized spacial score (nSPS) is 11.1. The van der Waals surface area contributed by atoms with Gasteiger partial charge in [-0.2, -0.15) is 13.2 Å². The topological polar surface area (TPSA) is 33.3 Å². The summed E-state index contributed by atoms with van der Waals surface area (Å²) in [6.07, 6.45) is -4.36. The van der Waals surface area contributed by atoms with E-state index >= 15 is 0 Å². The monoisotopic (exact) mass is 278 g/mol. The molecule has 1 rings (SSSR count). The zero-order valence-corrected chi connectivity index (χ0v) is 10.5. The Morgan fingerprint density at radius 1 is 1.39 bits per heavy atom. The third kappa shape index (κ3) is 4.89. The van der Waals surface area contributed by atoms with Crippen LogP contribution in [-0.2, 0) is 10.9 Å². The summed E-state index contributed by atoms with van der Waals surface area (Å²) in [5.41, 5.74) is -0.424. The lowest BCUT2D eigenvalue weighted by atomic mass is 10.2. The number of hydrogen-bond acceptors (Lipinski definition) is 2. The second-order valence-corrected chi connectivity index (χ2v) is 3.86. The van der Waals surface area contributed by atoms with Gasteiger partial charge in [0.15, 0.2) is 5.11 Å². The highest BCUT2D eigenvalue weighted by Gasteiger charge is 2.30. The molecule has 0 aliphatic carbocycles. The van der Waals surface area contributed by atoms with E-state index in [9.17, 15) is 13.2 Å². The number of hydrogen-bond donors (Lipinski definition) is 2. The molecule has 1 aromatic carbocycles. The maximum atomic E-state index is 12.5. The van der Waals surface area contributed by atoms with Crippen LogP contribution >= 0.6 is 12.2 Å². The average molecular weight is 278 g/mol. The molecule has 0 bridgehead atoms. The smallest absolute Gasteiger partial charge is 0.383 e. The Morgan fingerprint density at radius 3 is 2.72 bits per heavy atom. The lowest BCUT2D eigenvalue weighted by molar-refractivity contribution is -0.137. The molecule has 1 aromatic rings. The number of halogens is 3. The summed E-state index contributed by atoms with van der Waals surface area (Å²) in [5.74, 6) is 0. The summed E-state index contributed by atoms with van der Waals surface area (Å²) in [7, 11) is 1.55. The minimum atomic E-state index is -4.36. The first kappa shape index (κ1) is 14.7. The van der Waals surface area contributed by atoms with E-state index in [-0.39, 0.29) is 5.11 Å². The highest BCUT2D eigenvalue weighted by molar-refractivity contribution is 7.80. The van der Waals surface area contributed by atoms with Crippen LogP contribution in [0.15, 0.2) is 24.3 Å². The number of alkyl halides is 3. The molecule has 0 heterocycles. The van der Waals surface area contributed by atoms with Crippen LogP contribution in [-0.4, -0.2) is 25.4 Å². The number of ether oxygens (including phenoxy) is 1. The Balaban J connectivity index is 2.60. The van der Waals surface area contributed by atoms with Crippen molar-refractivity contribution in [2.45, 2.75) is 6.18 Å². The van der Waals surface area contributed by atoms with E-state index in [0.29, 0.717) is 18.8 Å². The third-order valence-corrected chi connectivity index (χ3v) is 2.29. The fraction of sp³-hybridized carbons (Fsp3) is 0.364. The van der Waals surface area contributed by atoms with E-state index in [1.54, 1.807) is 7.11 Å². The van der Waals surface area contributed by atoms with Crippen molar-refractivity contribution in [2.75, 3.05) is 25.6 Å². The highest BCUT2D eigenvalue weighted by atomic mass is 32.1. The van der Waals surface area contributed by atoms with Crippen molar-refractivity contribution >= 4 is 23.0 Å². The van der Waals surface area contributed by atoms with Crippen LogP contribution < -0.4 is 10.6 Å². The van der Waals surface area contributed by atoms with E-state index in [4.69, 9.17) is 17.0 Å². The minimum Gasteiger partial charge on any atom is -0.383 e. The molecule has 0 radical (unpaired) electrons. The van der Waals surface area contributed by atoms with Crippen molar-refractivity contribution in [3.63, 3.8) is 0 Å². The minimum absolute atomic E-state index is 0.256. The maximum Gasteiger partial charge on any atom is 0.416 e. The predicted molar refractivity (Wildman–Crippen MR) is 67.5 cm³/mol. The van der Waals surface area contributed by atoms with Crippen molar-refractivity contribution in [3.05, 3.63) is 29.8 Å². The first-order valence-corrected chi connectivity index (χ1v) is 5.55. The lowest BCUT2D eigenvalue weighted by Crippen LogP contribution is -2.31. The lowest BCUT2D eigenvalue weighted by Gasteiger charge is -2.12. The second-order valence-electron chi connectivity index (χ2n) is 3.45. The molecule has 0 amide bonds. The summed E-state index contributed by atoms with van der Waals surface area (Å²) in [6, 6.07) is 4.85. The van der Waals surface area contributed by atoms with Crippen molar-refractivity contribution in [1.29, 1.82) is 0 Å².